The van der Waals surface area contributed by atoms with Crippen LogP contribution in [-0.2, 0) is 19.1 Å². The molecule has 4 aromatic carbocycles. The Morgan fingerprint density at radius 3 is 1.58 bits per heavy atom. The third kappa shape index (κ3) is 29.2. The Labute approximate surface area is 528 Å². The minimum atomic E-state index is -1.14. The van der Waals surface area contributed by atoms with E-state index >= 15 is 0 Å². The van der Waals surface area contributed by atoms with Gasteiger partial charge in [-0.1, -0.05) is 48.8 Å². The largest absolute Gasteiger partial charge is 0 e. The Balaban J connectivity index is -0.000000915. The van der Waals surface area contributed by atoms with E-state index in [1.165, 1.54) is 43.3 Å². The molecule has 0 bridgehead atoms. The van der Waals surface area contributed by atoms with Gasteiger partial charge in [0.1, 0.15) is 5.75 Å². The van der Waals surface area contributed by atoms with E-state index in [0.29, 0.717) is 65.9 Å². The summed E-state index contributed by atoms with van der Waals surface area (Å²) in [5.74, 6) is -0.314. The molecular formula is C53H59BBrCl5N4O11Se4. The van der Waals surface area contributed by atoms with Crippen LogP contribution in [0, 0.1) is 42.4 Å². The van der Waals surface area contributed by atoms with Gasteiger partial charge in [-0.05, 0) is 38.0 Å². The quantitative estimate of drug-likeness (QED) is 0.0237. The van der Waals surface area contributed by atoms with E-state index in [0.717, 1.165) is 31.5 Å². The SMILES string of the molecule is C.CC(C)CBr.CCOC(=O)C(Cl)C(C)=O.CCOC(=O)c1[se]c(-c2ccc(O)c(Cl)c2)nc1C.Cc1nc(-c2ccc(OCC(C)C)c(Cl)c2)[se]c1C(=O)O.N#Cc1ccc(O)c(Cl)c1.N=C([Se])c1ccc(O)c(Cl)c1.[B].[Se]. The summed E-state index contributed by atoms with van der Waals surface area (Å²) in [7, 11) is 0. The number of Topliss-reactive ketones (excluding diaryl/α,β-unsaturated/α-hetero) is 1. The molecule has 0 aliphatic rings. The van der Waals surface area contributed by atoms with Crippen molar-refractivity contribution in [2.24, 2.45) is 11.8 Å². The molecule has 2 heterocycles. The van der Waals surface area contributed by atoms with Gasteiger partial charge in [0.05, 0.1) is 23.3 Å². The van der Waals surface area contributed by atoms with Gasteiger partial charge in [-0.25, -0.2) is 4.79 Å². The Kier molecular flexibility index (Phi) is 41.5. The third-order valence-electron chi connectivity index (χ3n) is 8.64. The molecule has 26 heteroatoms. The summed E-state index contributed by atoms with van der Waals surface area (Å²) in [6.45, 7) is 17.9. The van der Waals surface area contributed by atoms with Crippen molar-refractivity contribution in [1.82, 2.24) is 9.97 Å². The summed E-state index contributed by atoms with van der Waals surface area (Å²) >= 11 is 33.9. The number of alkyl halides is 2. The predicted octanol–water partition coefficient (Wildman–Crippen LogP) is 12.3. The first-order valence-electron chi connectivity index (χ1n) is 22.4. The van der Waals surface area contributed by atoms with E-state index in [1.54, 1.807) is 52.0 Å². The summed E-state index contributed by atoms with van der Waals surface area (Å²) in [4.78, 5) is 52.6. The molecular weight excluding hydrogens is 1450 g/mol. The Bertz CT molecular complexity index is 2960. The first-order valence-corrected chi connectivity index (χ1v) is 29.7. The number of ether oxygens (including phenoxy) is 3. The second kappa shape index (κ2) is 41.2. The summed E-state index contributed by atoms with van der Waals surface area (Å²) in [5, 5.41) is 53.2. The molecule has 79 heavy (non-hydrogen) atoms. The van der Waals surface area contributed by atoms with Crippen molar-refractivity contribution in [1.29, 1.82) is 10.7 Å². The molecule has 0 amide bonds. The summed E-state index contributed by atoms with van der Waals surface area (Å²) in [6.07, 6.45) is 0. The van der Waals surface area contributed by atoms with Crippen molar-refractivity contribution in [3.63, 3.8) is 0 Å². The zero-order chi connectivity index (χ0) is 58.0. The molecule has 6 radical (unpaired) electrons. The number of hydrogen-bond acceptors (Lipinski definition) is 14. The van der Waals surface area contributed by atoms with E-state index in [2.05, 4.69) is 74.3 Å². The zero-order valence-electron chi connectivity index (χ0n) is 43.5. The topological polar surface area (TPSA) is 250 Å². The van der Waals surface area contributed by atoms with Gasteiger partial charge in [0.25, 0.3) is 0 Å². The number of carboxylic acids is 1. The number of nitrogens with zero attached hydrogens (tertiary/aromatic N) is 3. The molecule has 0 fully saturated rings. The number of ketones is 1. The maximum Gasteiger partial charge on any atom is 0 e. The first kappa shape index (κ1) is 79.4. The molecule has 15 nitrogen and oxygen atoms in total. The fraction of sp³-hybridized carbons (Fsp3) is 0.321. The van der Waals surface area contributed by atoms with Crippen LogP contribution in [0.1, 0.15) is 96.9 Å². The maximum atomic E-state index is 11.7. The van der Waals surface area contributed by atoms with E-state index in [-0.39, 0.29) is 113 Å². The zero-order valence-corrected chi connectivity index (χ0v) is 55.7. The number of phenolic OH excluding ortho intramolecular Hbond substituents is 3. The van der Waals surface area contributed by atoms with Crippen LogP contribution in [0.3, 0.4) is 0 Å². The van der Waals surface area contributed by atoms with Crippen LogP contribution in [0.2, 0.25) is 20.1 Å². The van der Waals surface area contributed by atoms with E-state index in [9.17, 15) is 24.3 Å². The standard InChI is InChI=1S/C15H16ClNO3Se.C13H12ClNO3Se.C7H5ClNOSe.C7H4ClNO.C6H9ClO3.C4H9Br.CH4.B.Se/c1-8(2)7-20-12-5-4-10(6-11(12)16)14-17-9(3)13(21-14)15(18)19;1-3-18-13(17)11-7(2)15-12(19-11)8-4-5-10(16)9(14)6-8;8-5-3-4(7(9)11)1-2-6(5)10;8-6-3-5(4-9)1-2-7(6)10;1-3-10-6(9)5(7)4(2)8;1-4(2)3-5;;;/h4-6,8H,7H2,1-3H3,(H,18,19);4-6,16H,3H2,1-2H3;1-3,9-10H;1-3,10H;5H,3H2,1-2H3;4H,3H2,1-2H3;1H4;;. The van der Waals surface area contributed by atoms with Gasteiger partial charge < -0.3 is 9.84 Å². The number of aromatic hydroxyl groups is 3. The number of benzene rings is 4. The van der Waals surface area contributed by atoms with Crippen molar-refractivity contribution in [2.45, 2.75) is 75.1 Å². The van der Waals surface area contributed by atoms with Crippen LogP contribution in [0.4, 0.5) is 0 Å². The van der Waals surface area contributed by atoms with E-state index in [4.69, 9.17) is 93.5 Å². The number of halogens is 6. The number of aromatic nitrogens is 2. The molecule has 1 atom stereocenters. The van der Waals surface area contributed by atoms with Crippen LogP contribution in [0.15, 0.2) is 72.8 Å². The van der Waals surface area contributed by atoms with Gasteiger partial charge in [0.15, 0.2) is 11.2 Å². The molecule has 0 aliphatic heterocycles. The van der Waals surface area contributed by atoms with Crippen molar-refractivity contribution in [3.8, 4) is 49.3 Å². The Morgan fingerprint density at radius 1 is 0.747 bits per heavy atom. The molecule has 0 spiro atoms. The van der Waals surface area contributed by atoms with Crippen LogP contribution in [0.25, 0.3) is 20.3 Å². The van der Waals surface area contributed by atoms with Gasteiger partial charge in [-0.3, -0.25) is 4.79 Å². The minimum absolute atomic E-state index is 0. The molecule has 426 valence electrons. The van der Waals surface area contributed by atoms with Crippen LogP contribution < -0.4 is 4.74 Å². The van der Waals surface area contributed by atoms with Crippen LogP contribution in [0.5, 0.6) is 23.0 Å². The van der Waals surface area contributed by atoms with Gasteiger partial charge >= 0.3 is 339 Å². The van der Waals surface area contributed by atoms with E-state index < -0.39 is 17.3 Å². The number of nitrogens with one attached hydrogen (secondary N) is 1. The molecule has 5 N–H and O–H groups in total. The fourth-order valence-electron chi connectivity index (χ4n) is 4.88. The summed E-state index contributed by atoms with van der Waals surface area (Å²) in [6, 6.07) is 21.2. The predicted molar refractivity (Wildman–Crippen MR) is 325 cm³/mol. The van der Waals surface area contributed by atoms with Crippen molar-refractivity contribution in [3.05, 3.63) is 124 Å². The second-order valence-corrected chi connectivity index (χ2v) is 23.7. The third-order valence-corrected chi connectivity index (χ3v) is 17.1. The van der Waals surface area contributed by atoms with Gasteiger partial charge in [-0.15, -0.1) is 11.6 Å². The Hall–Kier alpha value is -3.79. The van der Waals surface area contributed by atoms with Crippen molar-refractivity contribution in [2.75, 3.05) is 25.2 Å². The maximum absolute atomic E-state index is 11.7. The van der Waals surface area contributed by atoms with Gasteiger partial charge in [-0.2, -0.15) is 5.26 Å². The van der Waals surface area contributed by atoms with Gasteiger partial charge in [0.2, 0.25) is 0 Å². The average molecular weight is 1510 g/mol. The molecule has 6 rings (SSSR count). The number of aromatic carboxylic acids is 1. The van der Waals surface area contributed by atoms with Crippen LogP contribution in [-0.4, -0.2) is 160 Å². The molecule has 0 saturated heterocycles. The van der Waals surface area contributed by atoms with Crippen molar-refractivity contribution < 1.29 is 53.8 Å². The molecule has 0 aliphatic carbocycles. The normalized spacial score (nSPS) is 10.0. The number of carboxylic acid groups (broad SMARTS) is 1. The smallest absolute Gasteiger partial charge is 0 e. The number of nitriles is 1. The van der Waals surface area contributed by atoms with Crippen molar-refractivity contribution >= 4 is 173 Å². The Morgan fingerprint density at radius 2 is 1.19 bits per heavy atom. The number of aryl methyl sites for hydroxylation is 2. The molecule has 6 aromatic rings. The monoisotopic (exact) mass is 1510 g/mol. The minimum Gasteiger partial charge on any atom is 0 e. The summed E-state index contributed by atoms with van der Waals surface area (Å²) < 4.78 is 18.0. The molecule has 2 aromatic heterocycles. The number of rotatable bonds is 13. The second-order valence-electron chi connectivity index (χ2n) is 16.0. The number of carbonyl (C=O) groups excluding carboxylic acids is 3. The molecule has 0 saturated carbocycles. The first-order chi connectivity index (χ1) is 35.6. The van der Waals surface area contributed by atoms with Crippen LogP contribution >= 0.6 is 73.9 Å². The van der Waals surface area contributed by atoms with Gasteiger partial charge in [0, 0.05) is 30.8 Å². The number of esters is 2. The summed E-state index contributed by atoms with van der Waals surface area (Å²) in [5.41, 5.74) is 4.07. The molecule has 1 unspecified atom stereocenters. The number of phenols is 3. The van der Waals surface area contributed by atoms with E-state index in [1.807, 2.05) is 18.2 Å². The number of carbonyl (C=O) groups is 4. The number of hydrogen-bond donors (Lipinski definition) is 5. The average Bonchev–Trinajstić information content (AvgIpc) is 3.97. The fourth-order valence-corrected chi connectivity index (χ4v) is 9.88.